The first kappa shape index (κ1) is 15.0. The van der Waals surface area contributed by atoms with Crippen LogP contribution in [0.1, 0.15) is 11.4 Å². The lowest BCUT2D eigenvalue weighted by molar-refractivity contribution is -0.132. The summed E-state index contributed by atoms with van der Waals surface area (Å²) in [4.78, 5) is 25.8. The Morgan fingerprint density at radius 2 is 2.13 bits per heavy atom. The molecule has 0 aliphatic carbocycles. The van der Waals surface area contributed by atoms with E-state index in [9.17, 15) is 9.59 Å². The number of para-hydroxylation sites is 1. The Morgan fingerprint density at radius 3 is 2.96 bits per heavy atom. The van der Waals surface area contributed by atoms with Crippen molar-refractivity contribution in [2.75, 3.05) is 11.9 Å². The van der Waals surface area contributed by atoms with Gasteiger partial charge in [0.05, 0.1) is 13.0 Å². The molecule has 1 aliphatic rings. The molecule has 3 rings (SSSR count). The molecule has 0 radical (unpaired) electrons. The van der Waals surface area contributed by atoms with Crippen LogP contribution in [-0.4, -0.2) is 38.0 Å². The molecule has 2 amide bonds. The van der Waals surface area contributed by atoms with Crippen LogP contribution in [-0.2, 0) is 29.1 Å². The van der Waals surface area contributed by atoms with Crippen LogP contribution >= 0.6 is 0 Å². The van der Waals surface area contributed by atoms with Crippen molar-refractivity contribution in [1.82, 2.24) is 19.7 Å². The van der Waals surface area contributed by atoms with E-state index in [0.29, 0.717) is 25.3 Å². The molecule has 0 spiro atoms. The lowest BCUT2D eigenvalue weighted by Gasteiger charge is -2.27. The molecule has 0 saturated carbocycles. The molecule has 1 aliphatic heterocycles. The first-order valence-corrected chi connectivity index (χ1v) is 7.33. The zero-order valence-electron chi connectivity index (χ0n) is 12.6. The number of amides is 2. The molecule has 7 heteroatoms. The highest BCUT2D eigenvalue weighted by Crippen LogP contribution is 2.18. The van der Waals surface area contributed by atoms with Gasteiger partial charge in [0, 0.05) is 18.8 Å². The maximum Gasteiger partial charge on any atom is 0.247 e. The van der Waals surface area contributed by atoms with Crippen molar-refractivity contribution in [1.29, 1.82) is 0 Å². The van der Waals surface area contributed by atoms with E-state index < -0.39 is 0 Å². The molecule has 0 saturated heterocycles. The largest absolute Gasteiger partial charge is 0.333 e. The van der Waals surface area contributed by atoms with E-state index in [4.69, 9.17) is 0 Å². The Balaban J connectivity index is 1.71. The summed E-state index contributed by atoms with van der Waals surface area (Å²) in [5.74, 6) is 0.494. The van der Waals surface area contributed by atoms with E-state index in [1.165, 1.54) is 6.08 Å². The average Bonchev–Trinajstić information content (AvgIpc) is 3.04. The number of aromatic nitrogens is 3. The smallest absolute Gasteiger partial charge is 0.247 e. The van der Waals surface area contributed by atoms with Crippen LogP contribution in [0.25, 0.3) is 0 Å². The highest BCUT2D eigenvalue weighted by Gasteiger charge is 2.22. The lowest BCUT2D eigenvalue weighted by Crippen LogP contribution is -2.39. The number of nitrogens with one attached hydrogen (secondary N) is 1. The Hall–Kier alpha value is -2.96. The number of nitrogens with zero attached hydrogens (tertiary/aromatic N) is 4. The van der Waals surface area contributed by atoms with Gasteiger partial charge in [0.25, 0.3) is 0 Å². The van der Waals surface area contributed by atoms with Crippen molar-refractivity contribution >= 4 is 17.5 Å². The van der Waals surface area contributed by atoms with Gasteiger partial charge in [0.1, 0.15) is 6.33 Å². The van der Waals surface area contributed by atoms with Gasteiger partial charge in [-0.1, -0.05) is 24.8 Å². The van der Waals surface area contributed by atoms with Crippen molar-refractivity contribution in [3.63, 3.8) is 0 Å². The Kier molecular flexibility index (Phi) is 4.18. The number of anilines is 1. The zero-order chi connectivity index (χ0) is 16.2. The second kappa shape index (κ2) is 6.43. The Morgan fingerprint density at radius 1 is 1.30 bits per heavy atom. The van der Waals surface area contributed by atoms with Crippen LogP contribution in [0.2, 0.25) is 0 Å². The molecule has 0 atom stereocenters. The first-order chi connectivity index (χ1) is 11.2. The van der Waals surface area contributed by atoms with E-state index >= 15 is 0 Å². The molecule has 2 aromatic rings. The topological polar surface area (TPSA) is 80.1 Å². The standard InChI is InChI=1S/C16H17N5O2/c1-2-15(22)18-13-6-4-3-5-12(13)9-16(23)20-7-8-21-11-17-19-14(21)10-20/h2-6,11H,1,7-10H2,(H,18,22). The maximum absolute atomic E-state index is 12.5. The van der Waals surface area contributed by atoms with Gasteiger partial charge in [-0.2, -0.15) is 0 Å². The molecular weight excluding hydrogens is 294 g/mol. The maximum atomic E-state index is 12.5. The van der Waals surface area contributed by atoms with E-state index in [2.05, 4.69) is 22.1 Å². The van der Waals surface area contributed by atoms with Gasteiger partial charge in [-0.05, 0) is 17.7 Å². The Labute approximate surface area is 133 Å². The fourth-order valence-corrected chi connectivity index (χ4v) is 2.53. The number of hydrogen-bond donors (Lipinski definition) is 1. The number of fused-ring (bicyclic) bond motifs is 1. The fraction of sp³-hybridized carbons (Fsp3) is 0.250. The van der Waals surface area contributed by atoms with Gasteiger partial charge in [-0.3, -0.25) is 9.59 Å². The van der Waals surface area contributed by atoms with Crippen LogP contribution in [0, 0.1) is 0 Å². The lowest BCUT2D eigenvalue weighted by atomic mass is 10.1. The van der Waals surface area contributed by atoms with Crippen molar-refractivity contribution in [3.8, 4) is 0 Å². The third-order valence-electron chi connectivity index (χ3n) is 3.79. The number of carbonyl (C=O) groups is 2. The molecule has 2 heterocycles. The second-order valence-corrected chi connectivity index (χ2v) is 5.28. The second-order valence-electron chi connectivity index (χ2n) is 5.28. The van der Waals surface area contributed by atoms with E-state index in [1.807, 2.05) is 22.8 Å². The number of carbonyl (C=O) groups excluding carboxylic acids is 2. The molecule has 1 aromatic heterocycles. The number of hydrogen-bond acceptors (Lipinski definition) is 4. The molecular formula is C16H17N5O2. The third kappa shape index (κ3) is 3.28. The summed E-state index contributed by atoms with van der Waals surface area (Å²) < 4.78 is 1.95. The van der Waals surface area contributed by atoms with Gasteiger partial charge in [0.15, 0.2) is 5.82 Å². The van der Waals surface area contributed by atoms with Crippen molar-refractivity contribution in [3.05, 3.63) is 54.6 Å². The Bertz CT molecular complexity index is 752. The van der Waals surface area contributed by atoms with Gasteiger partial charge < -0.3 is 14.8 Å². The van der Waals surface area contributed by atoms with Crippen LogP contribution in [0.15, 0.2) is 43.2 Å². The normalized spacial score (nSPS) is 13.3. The minimum absolute atomic E-state index is 0.000415. The molecule has 1 aromatic carbocycles. The molecule has 118 valence electrons. The average molecular weight is 311 g/mol. The molecule has 23 heavy (non-hydrogen) atoms. The fourth-order valence-electron chi connectivity index (χ4n) is 2.53. The molecule has 1 N–H and O–H groups in total. The van der Waals surface area contributed by atoms with Crippen LogP contribution in [0.4, 0.5) is 5.69 Å². The van der Waals surface area contributed by atoms with Gasteiger partial charge in [-0.25, -0.2) is 0 Å². The summed E-state index contributed by atoms with van der Waals surface area (Å²) in [6, 6.07) is 7.27. The number of benzene rings is 1. The van der Waals surface area contributed by atoms with Gasteiger partial charge in [0.2, 0.25) is 11.8 Å². The van der Waals surface area contributed by atoms with Crippen LogP contribution in [0.5, 0.6) is 0 Å². The monoisotopic (exact) mass is 311 g/mol. The van der Waals surface area contributed by atoms with Crippen molar-refractivity contribution < 1.29 is 9.59 Å². The highest BCUT2D eigenvalue weighted by atomic mass is 16.2. The molecule has 0 fully saturated rings. The summed E-state index contributed by atoms with van der Waals surface area (Å²) in [5.41, 5.74) is 1.41. The predicted molar refractivity (Wildman–Crippen MR) is 84.4 cm³/mol. The third-order valence-corrected chi connectivity index (χ3v) is 3.79. The minimum Gasteiger partial charge on any atom is -0.333 e. The summed E-state index contributed by atoms with van der Waals surface area (Å²) in [7, 11) is 0. The van der Waals surface area contributed by atoms with Gasteiger partial charge in [-0.15, -0.1) is 10.2 Å². The minimum atomic E-state index is -0.295. The van der Waals surface area contributed by atoms with Crippen molar-refractivity contribution in [2.24, 2.45) is 0 Å². The number of rotatable bonds is 4. The quantitative estimate of drug-likeness (QED) is 0.854. The summed E-state index contributed by atoms with van der Waals surface area (Å²) in [6.45, 7) is 5.22. The first-order valence-electron chi connectivity index (χ1n) is 7.33. The molecule has 0 unspecified atom stereocenters. The van der Waals surface area contributed by atoms with E-state index in [0.717, 1.165) is 11.4 Å². The van der Waals surface area contributed by atoms with Crippen LogP contribution < -0.4 is 5.32 Å². The highest BCUT2D eigenvalue weighted by molar-refractivity contribution is 5.99. The molecule has 0 bridgehead atoms. The van der Waals surface area contributed by atoms with Crippen molar-refractivity contribution in [2.45, 2.75) is 19.5 Å². The summed E-state index contributed by atoms with van der Waals surface area (Å²) in [5, 5.41) is 10.6. The summed E-state index contributed by atoms with van der Waals surface area (Å²) in [6.07, 6.45) is 3.11. The van der Waals surface area contributed by atoms with E-state index in [-0.39, 0.29) is 18.2 Å². The molecule has 7 nitrogen and oxygen atoms in total. The summed E-state index contributed by atoms with van der Waals surface area (Å²) >= 11 is 0. The zero-order valence-corrected chi connectivity index (χ0v) is 12.6. The predicted octanol–water partition coefficient (Wildman–Crippen LogP) is 0.987. The van der Waals surface area contributed by atoms with Crippen LogP contribution in [0.3, 0.4) is 0 Å². The van der Waals surface area contributed by atoms with E-state index in [1.54, 1.807) is 17.3 Å². The SMILES string of the molecule is C=CC(=O)Nc1ccccc1CC(=O)N1CCn2cnnc2C1. The van der Waals surface area contributed by atoms with Gasteiger partial charge >= 0.3 is 0 Å².